The molecule has 4 aromatic rings. The summed E-state index contributed by atoms with van der Waals surface area (Å²) in [6, 6.07) is 12.2. The highest BCUT2D eigenvalue weighted by molar-refractivity contribution is 7.85. The molecule has 0 fully saturated rings. The zero-order valence-corrected chi connectivity index (χ0v) is 19.1. The summed E-state index contributed by atoms with van der Waals surface area (Å²) in [5, 5.41) is 4.06. The fourth-order valence-corrected chi connectivity index (χ4v) is 6.17. The number of hydrogen-bond donors (Lipinski definition) is 0. The Bertz CT molecular complexity index is 1350. The summed E-state index contributed by atoms with van der Waals surface area (Å²) in [7, 11) is -2.58. The van der Waals surface area contributed by atoms with Gasteiger partial charge in [-0.15, -0.1) is 11.3 Å². The molecule has 0 aliphatic rings. The summed E-state index contributed by atoms with van der Waals surface area (Å²) in [5.74, 6) is 0.450. The van der Waals surface area contributed by atoms with E-state index in [9.17, 15) is 13.0 Å². The van der Waals surface area contributed by atoms with Crippen LogP contribution in [0.25, 0.3) is 32.5 Å². The summed E-state index contributed by atoms with van der Waals surface area (Å²) in [6.45, 7) is 2.52. The number of thiazole rings is 1. The summed E-state index contributed by atoms with van der Waals surface area (Å²) in [6.07, 6.45) is 4.40. The van der Waals surface area contributed by atoms with Crippen molar-refractivity contribution >= 4 is 65.2 Å². The first kappa shape index (κ1) is 21.0. The Labute approximate surface area is 183 Å². The molecule has 0 unspecified atom stereocenters. The van der Waals surface area contributed by atoms with Gasteiger partial charge in [0.25, 0.3) is 5.01 Å². The van der Waals surface area contributed by atoms with Crippen LogP contribution in [0.1, 0.15) is 22.6 Å². The Morgan fingerprint density at radius 1 is 1.20 bits per heavy atom. The highest BCUT2D eigenvalue weighted by Crippen LogP contribution is 2.38. The third-order valence-electron chi connectivity index (χ3n) is 4.98. The van der Waals surface area contributed by atoms with E-state index in [1.54, 1.807) is 29.8 Å². The van der Waals surface area contributed by atoms with Gasteiger partial charge in [-0.1, -0.05) is 35.6 Å². The van der Waals surface area contributed by atoms with Crippen LogP contribution < -0.4 is 9.30 Å². The molecular formula is C22H21NO4S3. The number of aromatic nitrogens is 1. The van der Waals surface area contributed by atoms with Crippen molar-refractivity contribution in [3.8, 4) is 5.75 Å². The fourth-order valence-electron chi connectivity index (χ4n) is 3.52. The number of hydrogen-bond acceptors (Lipinski definition) is 6. The van der Waals surface area contributed by atoms with Gasteiger partial charge in [-0.25, -0.2) is 8.42 Å². The summed E-state index contributed by atoms with van der Waals surface area (Å²) < 4.78 is 43.2. The van der Waals surface area contributed by atoms with Crippen LogP contribution in [0.4, 0.5) is 0 Å². The maximum absolute atomic E-state index is 11.1. The van der Waals surface area contributed by atoms with Crippen LogP contribution in [0.3, 0.4) is 0 Å². The van der Waals surface area contributed by atoms with Crippen LogP contribution in [0.15, 0.2) is 41.8 Å². The first-order valence-electron chi connectivity index (χ1n) is 9.45. The summed E-state index contributed by atoms with van der Waals surface area (Å²) in [4.78, 5) is 0. The first-order chi connectivity index (χ1) is 14.4. The molecule has 4 rings (SSSR count). The van der Waals surface area contributed by atoms with Crippen molar-refractivity contribution in [3.05, 3.63) is 57.9 Å². The van der Waals surface area contributed by atoms with Gasteiger partial charge in [-0.3, -0.25) is 0 Å². The van der Waals surface area contributed by atoms with E-state index in [4.69, 9.17) is 4.74 Å². The number of ether oxygens (including phenoxy) is 1. The minimum absolute atomic E-state index is 0.270. The largest absolute Gasteiger partial charge is 0.748 e. The average molecular weight is 460 g/mol. The van der Waals surface area contributed by atoms with E-state index in [1.807, 2.05) is 29.6 Å². The molecule has 2 heterocycles. The van der Waals surface area contributed by atoms with Crippen molar-refractivity contribution in [1.82, 2.24) is 0 Å². The minimum Gasteiger partial charge on any atom is -0.748 e. The van der Waals surface area contributed by atoms with Crippen LogP contribution in [-0.2, 0) is 16.7 Å². The normalized spacial score (nSPS) is 12.4. The number of nitrogens with zero attached hydrogens (tertiary/aromatic N) is 1. The Kier molecular flexibility index (Phi) is 5.92. The van der Waals surface area contributed by atoms with Gasteiger partial charge in [0, 0.05) is 29.7 Å². The van der Waals surface area contributed by atoms with Gasteiger partial charge >= 0.3 is 0 Å². The number of rotatable bonds is 7. The Morgan fingerprint density at radius 3 is 2.73 bits per heavy atom. The summed E-state index contributed by atoms with van der Waals surface area (Å²) >= 11 is 3.26. The molecule has 156 valence electrons. The van der Waals surface area contributed by atoms with Crippen molar-refractivity contribution in [2.45, 2.75) is 19.9 Å². The van der Waals surface area contributed by atoms with Gasteiger partial charge in [0.05, 0.1) is 17.2 Å². The van der Waals surface area contributed by atoms with E-state index in [-0.39, 0.29) is 12.2 Å². The molecule has 0 amide bonds. The molecule has 0 aliphatic heterocycles. The van der Waals surface area contributed by atoms with E-state index in [2.05, 4.69) is 35.8 Å². The molecule has 0 saturated carbocycles. The van der Waals surface area contributed by atoms with Crippen molar-refractivity contribution in [2.75, 3.05) is 12.9 Å². The Hall–Kier alpha value is -2.26. The molecule has 0 atom stereocenters. The second-order valence-electron chi connectivity index (χ2n) is 6.99. The van der Waals surface area contributed by atoms with Crippen LogP contribution in [0, 0.1) is 6.92 Å². The molecule has 2 aromatic heterocycles. The number of benzene rings is 2. The molecular weight excluding hydrogens is 438 g/mol. The lowest BCUT2D eigenvalue weighted by Gasteiger charge is -2.05. The van der Waals surface area contributed by atoms with E-state index in [0.717, 1.165) is 36.6 Å². The van der Waals surface area contributed by atoms with Crippen LogP contribution in [-0.4, -0.2) is 25.8 Å². The number of fused-ring (bicyclic) bond motifs is 3. The Morgan fingerprint density at radius 2 is 2.00 bits per heavy atom. The van der Waals surface area contributed by atoms with Crippen molar-refractivity contribution in [1.29, 1.82) is 0 Å². The summed E-state index contributed by atoms with van der Waals surface area (Å²) in [5.41, 5.74) is 3.36. The van der Waals surface area contributed by atoms with E-state index < -0.39 is 10.1 Å². The quantitative estimate of drug-likeness (QED) is 0.293. The minimum atomic E-state index is -4.24. The van der Waals surface area contributed by atoms with Crippen LogP contribution >= 0.6 is 22.7 Å². The van der Waals surface area contributed by atoms with Crippen molar-refractivity contribution < 1.29 is 22.3 Å². The van der Waals surface area contributed by atoms with Crippen LogP contribution in [0.2, 0.25) is 0 Å². The third kappa shape index (κ3) is 4.27. The van der Waals surface area contributed by atoms with Gasteiger partial charge in [0.2, 0.25) is 5.52 Å². The zero-order valence-electron chi connectivity index (χ0n) is 16.6. The van der Waals surface area contributed by atoms with Crippen molar-refractivity contribution in [2.24, 2.45) is 0 Å². The molecule has 0 radical (unpaired) electrons. The van der Waals surface area contributed by atoms with Gasteiger partial charge in [0.1, 0.15) is 15.1 Å². The highest BCUT2D eigenvalue weighted by atomic mass is 32.2. The second kappa shape index (κ2) is 8.47. The molecule has 8 heteroatoms. The molecule has 0 aliphatic carbocycles. The van der Waals surface area contributed by atoms with E-state index in [0.29, 0.717) is 6.54 Å². The van der Waals surface area contributed by atoms with E-state index in [1.165, 1.54) is 5.56 Å². The standard InChI is InChI=1S/C22H21NO4S3/c1-15-6-3-4-7-16(15)8-9-20-23(11-5-13-30(24,25)26)21-19(29-20)14-18(27-2)17-10-12-28-22(17)21/h3-4,6-10,12,14H,5,11,13H2,1-2H3/b9-8+. The second-order valence-corrected chi connectivity index (χ2v) is 10.5. The molecule has 5 nitrogen and oxygen atoms in total. The zero-order chi connectivity index (χ0) is 21.3. The number of aryl methyl sites for hydroxylation is 2. The predicted molar refractivity (Wildman–Crippen MR) is 123 cm³/mol. The lowest BCUT2D eigenvalue weighted by atomic mass is 10.1. The molecule has 0 bridgehead atoms. The molecule has 0 saturated heterocycles. The molecule has 0 spiro atoms. The number of thiophene rings is 1. The maximum Gasteiger partial charge on any atom is 0.262 e. The lowest BCUT2D eigenvalue weighted by Crippen LogP contribution is -2.36. The van der Waals surface area contributed by atoms with Gasteiger partial charge < -0.3 is 9.29 Å². The smallest absolute Gasteiger partial charge is 0.262 e. The van der Waals surface area contributed by atoms with Gasteiger partial charge in [-0.2, -0.15) is 4.57 Å². The topological polar surface area (TPSA) is 70.3 Å². The average Bonchev–Trinajstić information content (AvgIpc) is 3.30. The molecule has 30 heavy (non-hydrogen) atoms. The highest BCUT2D eigenvalue weighted by Gasteiger charge is 2.24. The Balaban J connectivity index is 1.85. The molecule has 2 aromatic carbocycles. The SMILES string of the molecule is COc1cc2sc(/C=C/c3ccccc3C)[n+](CCCS(=O)(=O)[O-])c2c2sccc12. The van der Waals surface area contributed by atoms with E-state index >= 15 is 0 Å². The van der Waals surface area contributed by atoms with Gasteiger partial charge in [0.15, 0.2) is 6.54 Å². The number of methoxy groups -OCH3 is 1. The monoisotopic (exact) mass is 459 g/mol. The predicted octanol–water partition coefficient (Wildman–Crippen LogP) is 4.83. The third-order valence-corrected chi connectivity index (χ3v) is 7.79. The van der Waals surface area contributed by atoms with Crippen LogP contribution in [0.5, 0.6) is 5.75 Å². The lowest BCUT2D eigenvalue weighted by molar-refractivity contribution is -0.667. The maximum atomic E-state index is 11.1. The van der Waals surface area contributed by atoms with Crippen molar-refractivity contribution in [3.63, 3.8) is 0 Å². The molecule has 0 N–H and O–H groups in total. The van der Waals surface area contributed by atoms with Gasteiger partial charge in [-0.05, 0) is 35.6 Å². The first-order valence-corrected chi connectivity index (χ1v) is 12.7. The fraction of sp³-hybridized carbons (Fsp3) is 0.227.